The average Bonchev–Trinajstić information content (AvgIpc) is 3.10. The van der Waals surface area contributed by atoms with Crippen molar-refractivity contribution < 1.29 is 9.90 Å². The molecular weight excluding hydrogens is 290 g/mol. The number of nitrogens with zero attached hydrogens (tertiary/aromatic N) is 1. The van der Waals surface area contributed by atoms with Gasteiger partial charge in [0.05, 0.1) is 16.8 Å². The van der Waals surface area contributed by atoms with Gasteiger partial charge in [-0.1, -0.05) is 18.7 Å². The van der Waals surface area contributed by atoms with Gasteiger partial charge in [0.15, 0.2) is 5.78 Å². The molecule has 0 atom stereocenters. The lowest BCUT2D eigenvalue weighted by atomic mass is 10.0. The van der Waals surface area contributed by atoms with E-state index in [0.29, 0.717) is 16.8 Å². The number of phenolic OH excluding ortho intramolecular Hbond substituents is 1. The molecule has 23 heavy (non-hydrogen) atoms. The van der Waals surface area contributed by atoms with Crippen LogP contribution in [0.1, 0.15) is 15.9 Å². The zero-order chi connectivity index (χ0) is 16.0. The number of aromatic hydroxyl groups is 1. The Hall–Kier alpha value is -3.34. The van der Waals surface area contributed by atoms with Crippen LogP contribution in [0.5, 0.6) is 5.75 Å². The summed E-state index contributed by atoms with van der Waals surface area (Å²) < 4.78 is 0. The van der Waals surface area contributed by atoms with E-state index in [1.165, 1.54) is 0 Å². The normalized spacial score (nSPS) is 11.9. The number of fused-ring (bicyclic) bond motifs is 3. The van der Waals surface area contributed by atoms with Crippen LogP contribution in [0.15, 0.2) is 55.2 Å². The second-order valence-corrected chi connectivity index (χ2v) is 5.27. The van der Waals surface area contributed by atoms with Crippen LogP contribution < -0.4 is 5.32 Å². The van der Waals surface area contributed by atoms with E-state index >= 15 is 0 Å². The van der Waals surface area contributed by atoms with Gasteiger partial charge in [-0.15, -0.1) is 0 Å². The smallest absolute Gasteiger partial charge is 0.200 e. The minimum Gasteiger partial charge on any atom is -0.508 e. The molecule has 0 bridgehead atoms. The van der Waals surface area contributed by atoms with Crippen molar-refractivity contribution in [3.05, 3.63) is 66.4 Å². The summed E-state index contributed by atoms with van der Waals surface area (Å²) in [5.41, 5.74) is 4.82. The summed E-state index contributed by atoms with van der Waals surface area (Å²) >= 11 is 0. The average molecular weight is 303 g/mol. The standard InChI is InChI=1S/C18H13N3O2/c1-2-19-13-5-3-4-12-14(13)18(23)15-16(20-21-17(12)15)10-6-8-11(22)9-7-10/h2-9,19,22H,1H2,(H,20,21). The SMILES string of the molecule is C=CNc1cccc2c1C(=O)c1c(-c3ccc(O)cc3)n[nH]c1-2. The van der Waals surface area contributed by atoms with Gasteiger partial charge in [-0.25, -0.2) is 0 Å². The zero-order valence-corrected chi connectivity index (χ0v) is 12.1. The molecule has 0 amide bonds. The molecular formula is C18H13N3O2. The van der Waals surface area contributed by atoms with Gasteiger partial charge in [0.1, 0.15) is 11.4 Å². The summed E-state index contributed by atoms with van der Waals surface area (Å²) in [6.45, 7) is 3.65. The number of rotatable bonds is 3. The lowest BCUT2D eigenvalue weighted by Gasteiger charge is -2.07. The van der Waals surface area contributed by atoms with E-state index in [0.717, 1.165) is 22.5 Å². The molecule has 3 aromatic rings. The summed E-state index contributed by atoms with van der Waals surface area (Å²) in [6, 6.07) is 12.3. The van der Waals surface area contributed by atoms with Crippen LogP contribution in [-0.4, -0.2) is 21.1 Å². The highest BCUT2D eigenvalue weighted by Gasteiger charge is 2.34. The Kier molecular flexibility index (Phi) is 2.81. The van der Waals surface area contributed by atoms with Gasteiger partial charge in [0, 0.05) is 16.8 Å². The van der Waals surface area contributed by atoms with Crippen LogP contribution in [0.3, 0.4) is 0 Å². The molecule has 0 fully saturated rings. The zero-order valence-electron chi connectivity index (χ0n) is 12.1. The highest BCUT2D eigenvalue weighted by atomic mass is 16.3. The number of nitrogens with one attached hydrogen (secondary N) is 2. The lowest BCUT2D eigenvalue weighted by Crippen LogP contribution is -2.02. The lowest BCUT2D eigenvalue weighted by molar-refractivity contribution is 0.104. The van der Waals surface area contributed by atoms with E-state index in [4.69, 9.17) is 0 Å². The topological polar surface area (TPSA) is 78.0 Å². The summed E-state index contributed by atoms with van der Waals surface area (Å²) in [5, 5.41) is 19.7. The van der Waals surface area contributed by atoms with Gasteiger partial charge >= 0.3 is 0 Å². The van der Waals surface area contributed by atoms with Gasteiger partial charge in [-0.3, -0.25) is 9.89 Å². The Balaban J connectivity index is 1.90. The fourth-order valence-electron chi connectivity index (χ4n) is 2.95. The molecule has 112 valence electrons. The first-order valence-corrected chi connectivity index (χ1v) is 7.14. The Morgan fingerprint density at radius 3 is 2.65 bits per heavy atom. The second kappa shape index (κ2) is 4.84. The minimum absolute atomic E-state index is 0.0724. The number of H-pyrrole nitrogens is 1. The number of benzene rings is 2. The maximum atomic E-state index is 12.9. The highest BCUT2D eigenvalue weighted by molar-refractivity contribution is 6.26. The van der Waals surface area contributed by atoms with Crippen molar-refractivity contribution in [1.82, 2.24) is 10.2 Å². The van der Waals surface area contributed by atoms with Crippen LogP contribution in [0.4, 0.5) is 5.69 Å². The predicted octanol–water partition coefficient (Wildman–Crippen LogP) is 3.55. The second-order valence-electron chi connectivity index (χ2n) is 5.27. The number of hydrogen-bond donors (Lipinski definition) is 3. The van der Waals surface area contributed by atoms with Crippen LogP contribution >= 0.6 is 0 Å². The Morgan fingerprint density at radius 2 is 1.91 bits per heavy atom. The number of aromatic amines is 1. The fraction of sp³-hybridized carbons (Fsp3) is 0. The molecule has 0 aliphatic heterocycles. The Bertz CT molecular complexity index is 939. The van der Waals surface area contributed by atoms with Crippen molar-refractivity contribution in [2.24, 2.45) is 0 Å². The Morgan fingerprint density at radius 1 is 1.13 bits per heavy atom. The van der Waals surface area contributed by atoms with Crippen molar-refractivity contribution in [3.63, 3.8) is 0 Å². The first kappa shape index (κ1) is 13.3. The van der Waals surface area contributed by atoms with E-state index in [1.807, 2.05) is 18.2 Å². The quantitative estimate of drug-likeness (QED) is 0.541. The van der Waals surface area contributed by atoms with Gasteiger partial charge in [0.2, 0.25) is 0 Å². The molecule has 1 heterocycles. The summed E-state index contributed by atoms with van der Waals surface area (Å²) in [5.74, 6) is 0.102. The monoisotopic (exact) mass is 303 g/mol. The highest BCUT2D eigenvalue weighted by Crippen LogP contribution is 2.42. The largest absolute Gasteiger partial charge is 0.508 e. The van der Waals surface area contributed by atoms with Crippen LogP contribution in [-0.2, 0) is 0 Å². The number of phenols is 1. The van der Waals surface area contributed by atoms with E-state index < -0.39 is 0 Å². The molecule has 1 aliphatic carbocycles. The van der Waals surface area contributed by atoms with Gasteiger partial charge in [-0.2, -0.15) is 5.10 Å². The third kappa shape index (κ3) is 1.87. The molecule has 0 unspecified atom stereocenters. The molecule has 3 N–H and O–H groups in total. The van der Waals surface area contributed by atoms with Crippen molar-refractivity contribution in [3.8, 4) is 28.3 Å². The minimum atomic E-state index is -0.0724. The van der Waals surface area contributed by atoms with Gasteiger partial charge in [0.25, 0.3) is 0 Å². The molecule has 2 aromatic carbocycles. The number of carbonyl (C=O) groups excluding carboxylic acids is 1. The summed E-state index contributed by atoms with van der Waals surface area (Å²) in [6.07, 6.45) is 1.55. The molecule has 1 aliphatic rings. The Labute approximate surface area is 132 Å². The number of carbonyl (C=O) groups is 1. The van der Waals surface area contributed by atoms with Gasteiger partial charge in [-0.05, 0) is 36.5 Å². The fourth-order valence-corrected chi connectivity index (χ4v) is 2.95. The van der Waals surface area contributed by atoms with Gasteiger partial charge < -0.3 is 10.4 Å². The third-order valence-corrected chi connectivity index (χ3v) is 3.95. The number of anilines is 1. The molecule has 0 saturated carbocycles. The van der Waals surface area contributed by atoms with Crippen molar-refractivity contribution in [2.75, 3.05) is 5.32 Å². The van der Waals surface area contributed by atoms with Crippen molar-refractivity contribution in [2.45, 2.75) is 0 Å². The van der Waals surface area contributed by atoms with Crippen LogP contribution in [0, 0.1) is 0 Å². The van der Waals surface area contributed by atoms with E-state index in [1.54, 1.807) is 30.5 Å². The van der Waals surface area contributed by atoms with Crippen molar-refractivity contribution in [1.29, 1.82) is 0 Å². The van der Waals surface area contributed by atoms with Crippen LogP contribution in [0.2, 0.25) is 0 Å². The number of hydrogen-bond acceptors (Lipinski definition) is 4. The molecule has 0 saturated heterocycles. The van der Waals surface area contributed by atoms with Crippen LogP contribution in [0.25, 0.3) is 22.5 Å². The predicted molar refractivity (Wildman–Crippen MR) is 88.4 cm³/mol. The summed E-state index contributed by atoms with van der Waals surface area (Å²) in [7, 11) is 0. The van der Waals surface area contributed by atoms with E-state index in [-0.39, 0.29) is 11.5 Å². The third-order valence-electron chi connectivity index (χ3n) is 3.95. The number of ketones is 1. The first-order valence-electron chi connectivity index (χ1n) is 7.14. The molecule has 5 nitrogen and oxygen atoms in total. The molecule has 0 radical (unpaired) electrons. The maximum Gasteiger partial charge on any atom is 0.200 e. The molecule has 1 aromatic heterocycles. The molecule has 0 spiro atoms. The van der Waals surface area contributed by atoms with Crippen molar-refractivity contribution >= 4 is 11.5 Å². The summed E-state index contributed by atoms with van der Waals surface area (Å²) in [4.78, 5) is 12.9. The molecule has 5 heteroatoms. The van der Waals surface area contributed by atoms with E-state index in [9.17, 15) is 9.90 Å². The number of aromatic nitrogens is 2. The van der Waals surface area contributed by atoms with E-state index in [2.05, 4.69) is 22.1 Å². The first-order chi connectivity index (χ1) is 11.2. The molecule has 4 rings (SSSR count). The maximum absolute atomic E-state index is 12.9.